The van der Waals surface area contributed by atoms with E-state index in [0.717, 1.165) is 18.4 Å². The van der Waals surface area contributed by atoms with Crippen molar-refractivity contribution in [2.45, 2.75) is 55.7 Å². The Hall–Kier alpha value is -2.31. The molecule has 142 valence electrons. The van der Waals surface area contributed by atoms with Gasteiger partial charge in [0, 0.05) is 16.9 Å². The maximum absolute atomic E-state index is 13.0. The third-order valence-corrected chi connectivity index (χ3v) is 6.41. The molecule has 0 aromatic heterocycles. The predicted molar refractivity (Wildman–Crippen MR) is 101 cm³/mol. The summed E-state index contributed by atoms with van der Waals surface area (Å²) < 4.78 is 25.9. The molecule has 0 amide bonds. The van der Waals surface area contributed by atoms with E-state index in [4.69, 9.17) is 5.53 Å². The Bertz CT molecular complexity index is 768. The van der Waals surface area contributed by atoms with Gasteiger partial charge in [-0.1, -0.05) is 55.1 Å². The van der Waals surface area contributed by atoms with Crippen LogP contribution in [-0.2, 0) is 14.6 Å². The van der Waals surface area contributed by atoms with Crippen molar-refractivity contribution in [3.63, 3.8) is 0 Å². The first-order valence-corrected chi connectivity index (χ1v) is 10.0. The molecule has 7 nitrogen and oxygen atoms in total. The summed E-state index contributed by atoms with van der Waals surface area (Å²) in [6.45, 7) is 7.42. The van der Waals surface area contributed by atoms with E-state index in [9.17, 15) is 18.3 Å². The van der Waals surface area contributed by atoms with Crippen LogP contribution in [0.4, 0.5) is 0 Å². The SMILES string of the molecule is C=CC(C(CCCCC)N=[N+]=[N-])C(C(=O)O)S(=O)(=O)c1ccc(C)cc1. The molecule has 8 heteroatoms. The maximum atomic E-state index is 13.0. The second kappa shape index (κ2) is 9.99. The summed E-state index contributed by atoms with van der Waals surface area (Å²) in [5, 5.41) is 11.6. The Balaban J connectivity index is 3.33. The molecular formula is C18H25N3O4S. The Morgan fingerprint density at radius 1 is 1.35 bits per heavy atom. The van der Waals surface area contributed by atoms with Crippen molar-refractivity contribution in [3.05, 3.63) is 52.9 Å². The van der Waals surface area contributed by atoms with Gasteiger partial charge in [0.05, 0.1) is 4.90 Å². The van der Waals surface area contributed by atoms with Crippen molar-refractivity contribution in [2.24, 2.45) is 11.0 Å². The zero-order valence-corrected chi connectivity index (χ0v) is 15.9. The van der Waals surface area contributed by atoms with Crippen molar-refractivity contribution < 1.29 is 18.3 Å². The number of azide groups is 1. The lowest BCUT2D eigenvalue weighted by Crippen LogP contribution is -2.41. The van der Waals surface area contributed by atoms with E-state index in [1.807, 2.05) is 13.8 Å². The highest BCUT2D eigenvalue weighted by Gasteiger charge is 2.42. The maximum Gasteiger partial charge on any atom is 0.322 e. The molecule has 0 saturated carbocycles. The molecule has 0 aliphatic heterocycles. The van der Waals surface area contributed by atoms with Crippen LogP contribution in [0, 0.1) is 12.8 Å². The van der Waals surface area contributed by atoms with Gasteiger partial charge in [-0.3, -0.25) is 4.79 Å². The molecule has 0 heterocycles. The molecule has 0 fully saturated rings. The third-order valence-electron chi connectivity index (χ3n) is 4.30. The Labute approximate surface area is 154 Å². The van der Waals surface area contributed by atoms with Gasteiger partial charge in [-0.2, -0.15) is 0 Å². The number of unbranched alkanes of at least 4 members (excludes halogenated alkanes) is 2. The van der Waals surface area contributed by atoms with E-state index < -0.39 is 33.0 Å². The molecule has 0 aliphatic carbocycles. The average Bonchev–Trinajstić information content (AvgIpc) is 2.59. The van der Waals surface area contributed by atoms with Gasteiger partial charge in [-0.15, -0.1) is 6.58 Å². The molecule has 26 heavy (non-hydrogen) atoms. The number of benzene rings is 1. The fraction of sp³-hybridized carbons (Fsp3) is 0.500. The van der Waals surface area contributed by atoms with Gasteiger partial charge in [-0.25, -0.2) is 8.42 Å². The summed E-state index contributed by atoms with van der Waals surface area (Å²) in [4.78, 5) is 14.6. The summed E-state index contributed by atoms with van der Waals surface area (Å²) in [5.74, 6) is -2.50. The van der Waals surface area contributed by atoms with Crippen molar-refractivity contribution in [2.75, 3.05) is 0 Å². The van der Waals surface area contributed by atoms with Crippen LogP contribution in [0.3, 0.4) is 0 Å². The molecule has 0 bridgehead atoms. The monoisotopic (exact) mass is 379 g/mol. The zero-order valence-electron chi connectivity index (χ0n) is 15.1. The summed E-state index contributed by atoms with van der Waals surface area (Å²) in [6.07, 6.45) is 4.20. The Morgan fingerprint density at radius 2 is 1.96 bits per heavy atom. The van der Waals surface area contributed by atoms with Gasteiger partial charge in [0.1, 0.15) is 0 Å². The minimum absolute atomic E-state index is 0.0735. The molecule has 3 unspecified atom stereocenters. The first-order valence-electron chi connectivity index (χ1n) is 8.49. The highest BCUT2D eigenvalue weighted by atomic mass is 32.2. The lowest BCUT2D eigenvalue weighted by atomic mass is 9.92. The normalized spacial score (nSPS) is 14.7. The topological polar surface area (TPSA) is 120 Å². The first kappa shape index (κ1) is 21.7. The van der Waals surface area contributed by atoms with Crippen LogP contribution in [0.2, 0.25) is 0 Å². The zero-order chi connectivity index (χ0) is 19.7. The quantitative estimate of drug-likeness (QED) is 0.203. The molecule has 1 aromatic rings. The van der Waals surface area contributed by atoms with Gasteiger partial charge < -0.3 is 5.11 Å². The van der Waals surface area contributed by atoms with Gasteiger partial charge in [0.15, 0.2) is 15.1 Å². The molecule has 0 saturated heterocycles. The molecule has 0 aliphatic rings. The number of carboxylic acids is 1. The summed E-state index contributed by atoms with van der Waals surface area (Å²) in [5.41, 5.74) is 9.70. The van der Waals surface area contributed by atoms with Gasteiger partial charge in [0.2, 0.25) is 0 Å². The van der Waals surface area contributed by atoms with Gasteiger partial charge in [0.25, 0.3) is 0 Å². The lowest BCUT2D eigenvalue weighted by Gasteiger charge is -2.26. The molecule has 1 aromatic carbocycles. The minimum atomic E-state index is -4.18. The van der Waals surface area contributed by atoms with Crippen LogP contribution in [0.5, 0.6) is 0 Å². The van der Waals surface area contributed by atoms with E-state index >= 15 is 0 Å². The van der Waals surface area contributed by atoms with Crippen molar-refractivity contribution in [1.82, 2.24) is 0 Å². The Morgan fingerprint density at radius 3 is 2.42 bits per heavy atom. The number of rotatable bonds is 11. The van der Waals surface area contributed by atoms with Crippen molar-refractivity contribution >= 4 is 15.8 Å². The lowest BCUT2D eigenvalue weighted by molar-refractivity contribution is -0.137. The number of hydrogen-bond donors (Lipinski definition) is 1. The van der Waals surface area contributed by atoms with Crippen LogP contribution in [0.25, 0.3) is 10.4 Å². The molecule has 3 atom stereocenters. The predicted octanol–water partition coefficient (Wildman–Crippen LogP) is 4.28. The number of aryl methyl sites for hydroxylation is 1. The van der Waals surface area contributed by atoms with E-state index in [0.29, 0.717) is 12.8 Å². The number of carboxylic acid groups (broad SMARTS) is 1. The molecule has 1 N–H and O–H groups in total. The third kappa shape index (κ3) is 5.34. The van der Waals surface area contributed by atoms with Crippen LogP contribution >= 0.6 is 0 Å². The van der Waals surface area contributed by atoms with Crippen LogP contribution < -0.4 is 0 Å². The molecule has 0 spiro atoms. The van der Waals surface area contributed by atoms with E-state index in [-0.39, 0.29) is 4.90 Å². The van der Waals surface area contributed by atoms with Crippen LogP contribution in [0.15, 0.2) is 46.9 Å². The largest absolute Gasteiger partial charge is 0.480 e. The van der Waals surface area contributed by atoms with E-state index in [2.05, 4.69) is 16.6 Å². The van der Waals surface area contributed by atoms with Crippen LogP contribution in [-0.4, -0.2) is 30.8 Å². The molecule has 1 rings (SSSR count). The van der Waals surface area contributed by atoms with Gasteiger partial charge in [-0.05, 0) is 31.0 Å². The van der Waals surface area contributed by atoms with Crippen molar-refractivity contribution in [3.8, 4) is 0 Å². The summed E-state index contributed by atoms with van der Waals surface area (Å²) >= 11 is 0. The van der Waals surface area contributed by atoms with E-state index in [1.165, 1.54) is 18.2 Å². The first-order chi connectivity index (χ1) is 12.3. The smallest absolute Gasteiger partial charge is 0.322 e. The molecule has 0 radical (unpaired) electrons. The fourth-order valence-corrected chi connectivity index (χ4v) is 4.64. The number of carbonyl (C=O) groups is 1. The Kier molecular flexibility index (Phi) is 8.35. The number of sulfone groups is 1. The number of hydrogen-bond acceptors (Lipinski definition) is 4. The second-order valence-corrected chi connectivity index (χ2v) is 8.27. The minimum Gasteiger partial charge on any atom is -0.480 e. The van der Waals surface area contributed by atoms with Crippen LogP contribution in [0.1, 0.15) is 38.2 Å². The highest BCUT2D eigenvalue weighted by molar-refractivity contribution is 7.92. The number of nitrogens with zero attached hydrogens (tertiary/aromatic N) is 3. The van der Waals surface area contributed by atoms with E-state index in [1.54, 1.807) is 12.1 Å². The van der Waals surface area contributed by atoms with Crippen molar-refractivity contribution in [1.29, 1.82) is 0 Å². The van der Waals surface area contributed by atoms with Gasteiger partial charge >= 0.3 is 5.97 Å². The summed E-state index contributed by atoms with van der Waals surface area (Å²) in [7, 11) is -4.18. The summed E-state index contributed by atoms with van der Waals surface area (Å²) in [6, 6.07) is 5.22. The fourth-order valence-electron chi connectivity index (χ4n) is 2.86. The average molecular weight is 379 g/mol. The number of aliphatic carboxylic acids is 1. The standard InChI is InChI=1S/C18H25N3O4S/c1-4-6-7-8-16(20-21-19)15(5-2)17(18(22)23)26(24,25)14-11-9-13(3)10-12-14/h5,9-12,15-17H,2,4,6-8H2,1,3H3,(H,22,23). The molecular weight excluding hydrogens is 354 g/mol. The highest BCUT2D eigenvalue weighted by Crippen LogP contribution is 2.29. The second-order valence-electron chi connectivity index (χ2n) is 6.20.